The number of imidazole rings is 1. The van der Waals surface area contributed by atoms with Gasteiger partial charge in [0.1, 0.15) is 23.5 Å². The molecule has 0 unspecified atom stereocenters. The van der Waals surface area contributed by atoms with E-state index in [1.54, 1.807) is 28.4 Å². The first-order valence-electron chi connectivity index (χ1n) is 13.7. The van der Waals surface area contributed by atoms with Crippen molar-refractivity contribution in [1.82, 2.24) is 39.6 Å². The zero-order valence-corrected chi connectivity index (χ0v) is 24.8. The van der Waals surface area contributed by atoms with Crippen molar-refractivity contribution in [2.45, 2.75) is 46.3 Å². The van der Waals surface area contributed by atoms with E-state index in [2.05, 4.69) is 35.8 Å². The van der Waals surface area contributed by atoms with Crippen LogP contribution >= 0.6 is 0 Å². The van der Waals surface area contributed by atoms with Crippen molar-refractivity contribution in [3.8, 4) is 5.75 Å². The molecule has 0 aliphatic rings. The Balaban J connectivity index is 1.41. The number of fused-ring (bicyclic) bond motifs is 1. The number of hydrogen-bond acceptors (Lipinski definition) is 11. The Morgan fingerprint density at radius 2 is 1.91 bits per heavy atom. The molecule has 0 bridgehead atoms. The van der Waals surface area contributed by atoms with Crippen LogP contribution in [0, 0.1) is 6.92 Å². The number of carbonyl (C=O) groups excluding carboxylic acids is 4. The van der Waals surface area contributed by atoms with Crippen molar-refractivity contribution >= 4 is 40.9 Å². The molecule has 0 aliphatic heterocycles. The van der Waals surface area contributed by atoms with Gasteiger partial charge < -0.3 is 29.8 Å². The van der Waals surface area contributed by atoms with E-state index in [4.69, 9.17) is 15.2 Å². The summed E-state index contributed by atoms with van der Waals surface area (Å²) in [4.78, 5) is 53.3. The number of rotatable bonds is 14. The smallest absolute Gasteiger partial charge is 0.407 e. The number of hydrogen-bond donors (Lipinski definition) is 3. The average molecular weight is 611 g/mol. The lowest BCUT2D eigenvalue weighted by Gasteiger charge is -2.13. The Kier molecular flexibility index (Phi) is 10.1. The number of nitrogens with two attached hydrogens (primary N) is 1. The average Bonchev–Trinajstić information content (AvgIpc) is 3.71. The highest BCUT2D eigenvalue weighted by atomic mass is 16.5. The summed E-state index contributed by atoms with van der Waals surface area (Å²) >= 11 is 0. The lowest BCUT2D eigenvalue weighted by molar-refractivity contribution is -0.141. The first-order valence-corrected chi connectivity index (χ1v) is 13.7. The zero-order chi connectivity index (χ0) is 31.8. The van der Waals surface area contributed by atoms with E-state index in [0.29, 0.717) is 59.8 Å². The summed E-state index contributed by atoms with van der Waals surface area (Å²) in [5, 5.41) is 17.6. The highest BCUT2D eigenvalue weighted by Gasteiger charge is 2.21. The van der Waals surface area contributed by atoms with Crippen molar-refractivity contribution in [3.05, 3.63) is 47.0 Å². The van der Waals surface area contributed by atoms with Crippen LogP contribution in [0.1, 0.15) is 45.6 Å². The van der Waals surface area contributed by atoms with E-state index < -0.39 is 23.9 Å². The third kappa shape index (κ3) is 7.47. The van der Waals surface area contributed by atoms with Gasteiger partial charge in [-0.05, 0) is 38.5 Å². The van der Waals surface area contributed by atoms with E-state index >= 15 is 0 Å². The monoisotopic (exact) mass is 610 g/mol. The minimum absolute atomic E-state index is 0.0539. The predicted octanol–water partition coefficient (Wildman–Crippen LogP) is 1.04. The summed E-state index contributed by atoms with van der Waals surface area (Å²) in [6.07, 6.45) is 1.69. The highest BCUT2D eigenvalue weighted by Crippen LogP contribution is 2.31. The number of anilines is 1. The Morgan fingerprint density at radius 1 is 1.11 bits per heavy atom. The van der Waals surface area contributed by atoms with Gasteiger partial charge in [0.15, 0.2) is 0 Å². The second-order valence-corrected chi connectivity index (χ2v) is 9.59. The van der Waals surface area contributed by atoms with Gasteiger partial charge in [0.05, 0.1) is 37.7 Å². The van der Waals surface area contributed by atoms with Crippen LogP contribution in [0.3, 0.4) is 0 Å². The van der Waals surface area contributed by atoms with Crippen LogP contribution in [0.4, 0.5) is 10.7 Å². The summed E-state index contributed by atoms with van der Waals surface area (Å²) < 4.78 is 20.0. The van der Waals surface area contributed by atoms with E-state index in [1.165, 1.54) is 31.0 Å². The molecule has 3 aromatic heterocycles. The molecule has 3 amide bonds. The fourth-order valence-electron chi connectivity index (χ4n) is 4.43. The van der Waals surface area contributed by atoms with Crippen LogP contribution in [-0.4, -0.2) is 85.6 Å². The summed E-state index contributed by atoms with van der Waals surface area (Å²) in [6.45, 7) is 4.72. The molecule has 0 fully saturated rings. The number of primary amides is 1. The van der Waals surface area contributed by atoms with Crippen molar-refractivity contribution in [3.63, 3.8) is 0 Å². The molecule has 0 radical (unpaired) electrons. The molecular formula is C27H34N10O7. The molecule has 1 aromatic carbocycles. The van der Waals surface area contributed by atoms with Gasteiger partial charge in [0, 0.05) is 37.8 Å². The number of carbonyl (C=O) groups is 4. The molecule has 17 nitrogen and oxygen atoms in total. The van der Waals surface area contributed by atoms with E-state index in [9.17, 15) is 19.2 Å². The summed E-state index contributed by atoms with van der Waals surface area (Å²) in [5.41, 5.74) is 8.24. The zero-order valence-electron chi connectivity index (χ0n) is 24.8. The molecule has 44 heavy (non-hydrogen) atoms. The highest BCUT2D eigenvalue weighted by molar-refractivity contribution is 6.04. The molecule has 4 N–H and O–H groups in total. The number of alkyl carbamates (subject to hydrolysis) is 1. The van der Waals surface area contributed by atoms with Crippen LogP contribution < -0.4 is 21.1 Å². The van der Waals surface area contributed by atoms with Gasteiger partial charge in [-0.1, -0.05) is 5.21 Å². The van der Waals surface area contributed by atoms with Gasteiger partial charge in [-0.2, -0.15) is 5.10 Å². The first kappa shape index (κ1) is 31.5. The lowest BCUT2D eigenvalue weighted by Crippen LogP contribution is -2.27. The molecule has 234 valence electrons. The fraction of sp³-hybridized carbons (Fsp3) is 0.407. The van der Waals surface area contributed by atoms with Gasteiger partial charge in [-0.25, -0.2) is 14.5 Å². The molecule has 0 aliphatic carbocycles. The minimum Gasteiger partial charge on any atom is -0.494 e. The predicted molar refractivity (Wildman–Crippen MR) is 155 cm³/mol. The normalized spacial score (nSPS) is 10.9. The van der Waals surface area contributed by atoms with Crippen LogP contribution in [0.2, 0.25) is 0 Å². The first-order chi connectivity index (χ1) is 21.1. The Morgan fingerprint density at radius 3 is 2.61 bits per heavy atom. The summed E-state index contributed by atoms with van der Waals surface area (Å²) in [7, 11) is 2.74. The van der Waals surface area contributed by atoms with E-state index in [-0.39, 0.29) is 31.2 Å². The standard InChI is InChI=1S/C27H34N10O7/c1-5-37-20(11-16(2)33-37)25(40)31-26-30-19-12-17(24(28)39)13-21(42-3)23(19)36(26)9-6-8-29-27(41)44-10-7-18-14-35(34-32-18)15-22(38)43-4/h11-14H,5-10,15H2,1-4H3,(H2,28,39)(H,29,41)(H,30,31,40). The number of nitrogens with one attached hydrogen (secondary N) is 2. The second kappa shape index (κ2) is 14.1. The van der Waals surface area contributed by atoms with Crippen LogP contribution in [0.5, 0.6) is 5.75 Å². The van der Waals surface area contributed by atoms with Gasteiger partial charge in [0.2, 0.25) is 11.9 Å². The number of benzene rings is 1. The van der Waals surface area contributed by atoms with Crippen molar-refractivity contribution in [1.29, 1.82) is 0 Å². The molecular weight excluding hydrogens is 576 g/mol. The lowest BCUT2D eigenvalue weighted by atomic mass is 10.1. The molecule has 0 saturated carbocycles. The number of nitrogens with zero attached hydrogens (tertiary/aromatic N) is 7. The quantitative estimate of drug-likeness (QED) is 0.136. The van der Waals surface area contributed by atoms with Crippen molar-refractivity contribution in [2.75, 3.05) is 32.7 Å². The van der Waals surface area contributed by atoms with Crippen LogP contribution in [-0.2, 0) is 40.3 Å². The van der Waals surface area contributed by atoms with E-state index in [1.807, 2.05) is 6.92 Å². The number of methoxy groups -OCH3 is 2. The Hall–Kier alpha value is -5.48. The third-order valence-corrected chi connectivity index (χ3v) is 6.49. The van der Waals surface area contributed by atoms with Crippen LogP contribution in [0.15, 0.2) is 24.4 Å². The number of aryl methyl sites for hydroxylation is 3. The maximum absolute atomic E-state index is 13.2. The van der Waals surface area contributed by atoms with Gasteiger partial charge in [-0.15, -0.1) is 5.10 Å². The minimum atomic E-state index is -0.652. The summed E-state index contributed by atoms with van der Waals surface area (Å²) in [5.74, 6) is -0.960. The van der Waals surface area contributed by atoms with Gasteiger partial charge in [-0.3, -0.25) is 24.4 Å². The molecule has 17 heteroatoms. The largest absolute Gasteiger partial charge is 0.494 e. The number of ether oxygens (including phenoxy) is 3. The Bertz CT molecular complexity index is 1670. The Labute approximate surface area is 251 Å². The van der Waals surface area contributed by atoms with E-state index in [0.717, 1.165) is 0 Å². The maximum atomic E-state index is 13.2. The molecule has 0 atom stereocenters. The molecule has 0 saturated heterocycles. The maximum Gasteiger partial charge on any atom is 0.407 e. The molecule has 4 aromatic rings. The molecule has 3 heterocycles. The number of amides is 3. The van der Waals surface area contributed by atoms with Crippen LogP contribution in [0.25, 0.3) is 11.0 Å². The van der Waals surface area contributed by atoms with Crippen molar-refractivity contribution in [2.24, 2.45) is 5.73 Å². The third-order valence-electron chi connectivity index (χ3n) is 6.49. The number of esters is 1. The number of aromatic nitrogens is 7. The second-order valence-electron chi connectivity index (χ2n) is 9.59. The molecule has 0 spiro atoms. The van der Waals surface area contributed by atoms with Gasteiger partial charge in [0.25, 0.3) is 5.91 Å². The summed E-state index contributed by atoms with van der Waals surface area (Å²) in [6, 6.07) is 4.71. The topological polar surface area (TPSA) is 212 Å². The van der Waals surface area contributed by atoms with Crippen molar-refractivity contribution < 1.29 is 33.4 Å². The fourth-order valence-corrected chi connectivity index (χ4v) is 4.43. The van der Waals surface area contributed by atoms with Gasteiger partial charge >= 0.3 is 12.1 Å². The SMILES string of the molecule is CCn1nc(C)cc1C(=O)Nc1nc2cc(C(N)=O)cc(OC)c2n1CCCNC(=O)OCCc1cn(CC(=O)OC)nn1. The molecule has 4 rings (SSSR count).